The highest BCUT2D eigenvalue weighted by molar-refractivity contribution is 6.06. The number of carbonyl (C=O) groups is 4. The van der Waals surface area contributed by atoms with Gasteiger partial charge in [0, 0.05) is 75.8 Å². The fourth-order valence-corrected chi connectivity index (χ4v) is 8.48. The van der Waals surface area contributed by atoms with Crippen molar-refractivity contribution in [2.45, 2.75) is 40.5 Å². The molecule has 2 fully saturated rings. The van der Waals surface area contributed by atoms with E-state index >= 15 is 0 Å². The van der Waals surface area contributed by atoms with Gasteiger partial charge in [0.05, 0.1) is 28.3 Å². The van der Waals surface area contributed by atoms with Gasteiger partial charge in [-0.25, -0.2) is 4.79 Å². The number of rotatable bonds is 16. The summed E-state index contributed by atoms with van der Waals surface area (Å²) in [6.07, 6.45) is 1.78. The van der Waals surface area contributed by atoms with E-state index in [1.807, 2.05) is 25.2 Å². The number of nitrogens with zero attached hydrogens (tertiary/aromatic N) is 4. The Bertz CT molecular complexity index is 2730. The molecule has 0 atom stereocenters. The molecule has 3 amide bonds. The van der Waals surface area contributed by atoms with Crippen LogP contribution >= 0.6 is 0 Å². The number of nitrogens with two attached hydrogens (primary N) is 2. The maximum Gasteiger partial charge on any atom is 0.335 e. The zero-order valence-electron chi connectivity index (χ0n) is 42.1. The summed E-state index contributed by atoms with van der Waals surface area (Å²) in [5.74, 6) is -0.273. The first-order chi connectivity index (χ1) is 34.8. The van der Waals surface area contributed by atoms with E-state index in [4.69, 9.17) is 20.3 Å². The molecule has 382 valence electrons. The third-order valence-corrected chi connectivity index (χ3v) is 12.4. The lowest BCUT2D eigenvalue weighted by Crippen LogP contribution is -2.47. The average molecular weight is 983 g/mol. The van der Waals surface area contributed by atoms with Gasteiger partial charge in [0.2, 0.25) is 0 Å². The molecule has 2 aromatic heterocycles. The van der Waals surface area contributed by atoms with Crippen molar-refractivity contribution >= 4 is 57.8 Å². The van der Waals surface area contributed by atoms with Crippen LogP contribution in [-0.2, 0) is 0 Å². The first-order valence-electron chi connectivity index (χ1n) is 24.5. The summed E-state index contributed by atoms with van der Waals surface area (Å²) < 4.78 is 10.9. The van der Waals surface area contributed by atoms with E-state index in [1.54, 1.807) is 62.4 Å². The predicted molar refractivity (Wildman–Crippen MR) is 287 cm³/mol. The number of anilines is 6. The first kappa shape index (κ1) is 53.7. The first-order valence-corrected chi connectivity index (χ1v) is 24.5. The molecule has 0 radical (unpaired) electrons. The number of para-hydroxylation sites is 2. The van der Waals surface area contributed by atoms with Gasteiger partial charge >= 0.3 is 5.97 Å². The van der Waals surface area contributed by atoms with Crippen molar-refractivity contribution < 1.29 is 33.1 Å². The van der Waals surface area contributed by atoms with Gasteiger partial charge in [-0.3, -0.25) is 14.4 Å². The lowest BCUT2D eigenvalue weighted by Gasteiger charge is -2.38. The number of aryl methyl sites for hydroxylation is 4. The van der Waals surface area contributed by atoms with E-state index in [9.17, 15) is 24.3 Å². The molecule has 4 aromatic carbocycles. The number of carboxylic acid groups (broad SMARTS) is 1. The van der Waals surface area contributed by atoms with Gasteiger partial charge in [-0.15, -0.1) is 0 Å². The number of nitrogens with one attached hydrogen (secondary N) is 4. The molecule has 0 aliphatic carbocycles. The maximum atomic E-state index is 12.9. The molecule has 0 saturated carbocycles. The van der Waals surface area contributed by atoms with Crippen LogP contribution < -0.4 is 52.3 Å². The molecule has 0 unspecified atom stereocenters. The Labute approximate surface area is 422 Å². The highest BCUT2D eigenvalue weighted by Crippen LogP contribution is 2.32. The van der Waals surface area contributed by atoms with Crippen LogP contribution in [0.2, 0.25) is 0 Å². The van der Waals surface area contributed by atoms with Gasteiger partial charge in [-0.05, 0) is 151 Å². The van der Waals surface area contributed by atoms with Gasteiger partial charge < -0.3 is 66.3 Å². The third kappa shape index (κ3) is 14.7. The molecule has 6 aromatic rings. The fraction of sp³-hybridized carbons (Fsp3) is 0.345. The lowest BCUT2D eigenvalue weighted by atomic mass is 10.1. The Kier molecular flexibility index (Phi) is 19.8. The summed E-state index contributed by atoms with van der Waals surface area (Å²) in [7, 11) is 1.93. The molecule has 0 bridgehead atoms. The molecule has 8 rings (SSSR count). The van der Waals surface area contributed by atoms with Crippen molar-refractivity contribution in [2.75, 3.05) is 116 Å². The second kappa shape index (κ2) is 26.6. The van der Waals surface area contributed by atoms with E-state index < -0.39 is 11.9 Å². The largest absolute Gasteiger partial charge is 0.478 e. The third-order valence-electron chi connectivity index (χ3n) is 12.4. The second-order valence-electron chi connectivity index (χ2n) is 17.7. The number of amides is 3. The Morgan fingerprint density at radius 2 is 0.917 bits per heavy atom. The predicted octanol–water partition coefficient (Wildman–Crippen LogP) is 7.28. The minimum absolute atomic E-state index is 0.119. The van der Waals surface area contributed by atoms with E-state index in [2.05, 4.69) is 91.1 Å². The average Bonchev–Trinajstić information content (AvgIpc) is 4.04. The molecule has 2 aliphatic heterocycles. The number of hydrogen-bond acceptors (Lipinski definition) is 13. The molecule has 17 heteroatoms. The Hall–Kier alpha value is -7.60. The number of benzene rings is 4. The van der Waals surface area contributed by atoms with E-state index in [-0.39, 0.29) is 28.9 Å². The van der Waals surface area contributed by atoms with Gasteiger partial charge in [-0.2, -0.15) is 0 Å². The van der Waals surface area contributed by atoms with Crippen LogP contribution in [0, 0.1) is 27.7 Å². The minimum atomic E-state index is -1.04. The van der Waals surface area contributed by atoms with Crippen molar-refractivity contribution in [2.24, 2.45) is 11.5 Å². The summed E-state index contributed by atoms with van der Waals surface area (Å²) in [5, 5.41) is 21.1. The van der Waals surface area contributed by atoms with Crippen molar-refractivity contribution in [1.29, 1.82) is 0 Å². The molecular formula is C55H70N10O7. The SMILES string of the molecule is CNCCCN.Cc1ccc(C(=O)Nc2cc(C(=O)NCCCN)ccc2N2CCN(c3ccccc3C)CC2)o1.Cc1ccc(C(=O)Nc2cc(C(=O)O)ccc2N2CCN(c3ccccc3C)CC2)o1. The van der Waals surface area contributed by atoms with E-state index in [0.717, 1.165) is 83.2 Å². The maximum absolute atomic E-state index is 12.9. The normalized spacial score (nSPS) is 13.3. The van der Waals surface area contributed by atoms with Crippen molar-refractivity contribution in [3.05, 3.63) is 154 Å². The molecule has 17 nitrogen and oxygen atoms in total. The van der Waals surface area contributed by atoms with Gasteiger partial charge in [-0.1, -0.05) is 36.4 Å². The molecule has 2 saturated heterocycles. The van der Waals surface area contributed by atoms with Crippen LogP contribution in [0.25, 0.3) is 0 Å². The van der Waals surface area contributed by atoms with Crippen molar-refractivity contribution in [3.63, 3.8) is 0 Å². The van der Waals surface area contributed by atoms with Crippen molar-refractivity contribution in [1.82, 2.24) is 10.6 Å². The number of furan rings is 2. The molecule has 2 aliphatic rings. The van der Waals surface area contributed by atoms with Gasteiger partial charge in [0.15, 0.2) is 11.5 Å². The van der Waals surface area contributed by atoms with Crippen molar-refractivity contribution in [3.8, 4) is 0 Å². The monoisotopic (exact) mass is 983 g/mol. The number of piperazine rings is 2. The lowest BCUT2D eigenvalue weighted by molar-refractivity contribution is 0.0696. The quantitative estimate of drug-likeness (QED) is 0.0473. The summed E-state index contributed by atoms with van der Waals surface area (Å²) in [5.41, 5.74) is 19.0. The summed E-state index contributed by atoms with van der Waals surface area (Å²) in [6.45, 7) is 17.1. The smallest absolute Gasteiger partial charge is 0.335 e. The number of hydrogen-bond donors (Lipinski definition) is 7. The Balaban J connectivity index is 0.000000213. The van der Waals surface area contributed by atoms with Crippen LogP contribution in [0.1, 0.15) is 77.3 Å². The van der Waals surface area contributed by atoms with Gasteiger partial charge in [0.1, 0.15) is 11.5 Å². The molecular weight excluding hydrogens is 913 g/mol. The molecule has 0 spiro atoms. The highest BCUT2D eigenvalue weighted by atomic mass is 16.4. The van der Waals surface area contributed by atoms with Crippen LogP contribution in [-0.4, -0.2) is 114 Å². The summed E-state index contributed by atoms with van der Waals surface area (Å²) in [6, 6.07) is 33.7. The zero-order valence-corrected chi connectivity index (χ0v) is 42.1. The van der Waals surface area contributed by atoms with Crippen LogP contribution in [0.3, 0.4) is 0 Å². The highest BCUT2D eigenvalue weighted by Gasteiger charge is 2.25. The molecule has 4 heterocycles. The summed E-state index contributed by atoms with van der Waals surface area (Å²) in [4.78, 5) is 58.8. The number of aromatic carboxylic acids is 1. The van der Waals surface area contributed by atoms with E-state index in [1.165, 1.54) is 28.6 Å². The standard InChI is InChI=1S/C27H33N5O3.C24H25N3O4.C4H12N2/c1-19-6-3-4-7-23(19)31-14-16-32(17-15-31)24-10-9-21(26(33)29-13-5-12-28)18-22(24)30-27(34)25-11-8-20(2)35-25;1-16-5-3-4-6-20(16)26-11-13-27(14-12-26)21-9-8-18(24(29)30)15-19(21)25-23(28)22-10-7-17(2)31-22;1-6-4-2-3-5/h3-4,6-11,18H,5,12-17,28H2,1-2H3,(H,29,33)(H,30,34);3-10,15H,11-14H2,1-2H3,(H,25,28)(H,29,30);6H,2-5H2,1H3. The van der Waals surface area contributed by atoms with Gasteiger partial charge in [0.25, 0.3) is 17.7 Å². The molecule has 9 N–H and O–H groups in total. The van der Waals surface area contributed by atoms with Crippen LogP contribution in [0.5, 0.6) is 0 Å². The number of carbonyl (C=O) groups excluding carboxylic acids is 3. The molecule has 72 heavy (non-hydrogen) atoms. The Morgan fingerprint density at radius 1 is 0.514 bits per heavy atom. The zero-order chi connectivity index (χ0) is 51.6. The second-order valence-corrected chi connectivity index (χ2v) is 17.7. The van der Waals surface area contributed by atoms with Crippen LogP contribution in [0.4, 0.5) is 34.1 Å². The summed E-state index contributed by atoms with van der Waals surface area (Å²) >= 11 is 0. The topological polar surface area (TPSA) is 228 Å². The minimum Gasteiger partial charge on any atom is -0.478 e. The fourth-order valence-electron chi connectivity index (χ4n) is 8.48. The Morgan fingerprint density at radius 3 is 1.29 bits per heavy atom. The van der Waals surface area contributed by atoms with Crippen LogP contribution in [0.15, 0.2) is 118 Å². The number of carboxylic acids is 1. The van der Waals surface area contributed by atoms with E-state index in [0.29, 0.717) is 48.0 Å².